The first-order valence-corrected chi connectivity index (χ1v) is 8.86. The highest BCUT2D eigenvalue weighted by Gasteiger charge is 2.14. The number of ether oxygens (including phenoxy) is 1. The van der Waals surface area contributed by atoms with E-state index in [0.717, 1.165) is 34.5 Å². The van der Waals surface area contributed by atoms with Crippen molar-refractivity contribution >= 4 is 17.7 Å². The van der Waals surface area contributed by atoms with Crippen LogP contribution in [-0.2, 0) is 17.0 Å². The lowest BCUT2D eigenvalue weighted by atomic mass is 10.1. The van der Waals surface area contributed by atoms with Gasteiger partial charge in [0, 0.05) is 18.5 Å². The first kappa shape index (κ1) is 17.2. The number of aromatic nitrogens is 4. The van der Waals surface area contributed by atoms with Crippen molar-refractivity contribution in [3.8, 4) is 11.5 Å². The first-order chi connectivity index (χ1) is 12.2. The van der Waals surface area contributed by atoms with Crippen LogP contribution < -0.4 is 0 Å². The largest absolute Gasteiger partial charge is 0.465 e. The van der Waals surface area contributed by atoms with Crippen LogP contribution in [0.2, 0.25) is 0 Å². The van der Waals surface area contributed by atoms with E-state index in [0.29, 0.717) is 5.56 Å². The van der Waals surface area contributed by atoms with E-state index in [1.807, 2.05) is 30.3 Å². The molecule has 0 fully saturated rings. The molecule has 2 aromatic heterocycles. The Morgan fingerprint density at radius 2 is 1.96 bits per heavy atom. The molecule has 7 heteroatoms. The molecule has 128 valence electrons. The number of esters is 1. The summed E-state index contributed by atoms with van der Waals surface area (Å²) in [5.74, 6) is 1.18. The summed E-state index contributed by atoms with van der Waals surface area (Å²) < 4.78 is 6.76. The molecule has 25 heavy (non-hydrogen) atoms. The van der Waals surface area contributed by atoms with E-state index in [1.54, 1.807) is 30.1 Å². The third-order valence-corrected chi connectivity index (χ3v) is 4.71. The molecule has 0 amide bonds. The number of rotatable bonds is 6. The van der Waals surface area contributed by atoms with Crippen LogP contribution >= 0.6 is 11.8 Å². The third-order valence-electron chi connectivity index (χ3n) is 3.67. The van der Waals surface area contributed by atoms with Gasteiger partial charge in [0.2, 0.25) is 0 Å². The zero-order valence-electron chi connectivity index (χ0n) is 14.0. The zero-order chi connectivity index (χ0) is 17.6. The van der Waals surface area contributed by atoms with Crippen molar-refractivity contribution in [1.82, 2.24) is 19.7 Å². The van der Waals surface area contributed by atoms with E-state index in [1.165, 1.54) is 7.11 Å². The summed E-state index contributed by atoms with van der Waals surface area (Å²) >= 11 is 1.61. The second-order valence-electron chi connectivity index (χ2n) is 5.24. The SMILES string of the molecule is CCn1c(SCc2ccc(C(=O)OC)cc2)nnc1-c1ccccn1. The number of hydrogen-bond acceptors (Lipinski definition) is 6. The highest BCUT2D eigenvalue weighted by atomic mass is 32.2. The molecule has 0 atom stereocenters. The Labute approximate surface area is 150 Å². The van der Waals surface area contributed by atoms with Gasteiger partial charge in [-0.25, -0.2) is 4.79 Å². The fourth-order valence-electron chi connectivity index (χ4n) is 2.37. The van der Waals surface area contributed by atoms with Crippen molar-refractivity contribution in [3.63, 3.8) is 0 Å². The van der Waals surface area contributed by atoms with Gasteiger partial charge in [-0.2, -0.15) is 0 Å². The fourth-order valence-corrected chi connectivity index (χ4v) is 3.33. The Hall–Kier alpha value is -2.67. The van der Waals surface area contributed by atoms with Crippen LogP contribution in [0.1, 0.15) is 22.8 Å². The van der Waals surface area contributed by atoms with Gasteiger partial charge >= 0.3 is 5.97 Å². The molecule has 2 heterocycles. The molecule has 0 spiro atoms. The number of methoxy groups -OCH3 is 1. The topological polar surface area (TPSA) is 69.9 Å². The second-order valence-corrected chi connectivity index (χ2v) is 6.19. The maximum atomic E-state index is 11.5. The highest BCUT2D eigenvalue weighted by molar-refractivity contribution is 7.98. The average Bonchev–Trinajstić information content (AvgIpc) is 3.09. The lowest BCUT2D eigenvalue weighted by molar-refractivity contribution is 0.0600. The molecule has 0 saturated carbocycles. The van der Waals surface area contributed by atoms with E-state index in [9.17, 15) is 4.79 Å². The lowest BCUT2D eigenvalue weighted by Crippen LogP contribution is -2.01. The average molecular weight is 354 g/mol. The van der Waals surface area contributed by atoms with Crippen molar-refractivity contribution in [1.29, 1.82) is 0 Å². The van der Waals surface area contributed by atoms with Crippen molar-refractivity contribution in [2.45, 2.75) is 24.4 Å². The van der Waals surface area contributed by atoms with Crippen molar-refractivity contribution in [2.24, 2.45) is 0 Å². The molecule has 0 aliphatic rings. The van der Waals surface area contributed by atoms with Gasteiger partial charge in [-0.1, -0.05) is 30.0 Å². The third kappa shape index (κ3) is 3.88. The summed E-state index contributed by atoms with van der Waals surface area (Å²) in [7, 11) is 1.38. The molecule has 0 saturated heterocycles. The van der Waals surface area contributed by atoms with Gasteiger partial charge in [0.1, 0.15) is 5.69 Å². The predicted molar refractivity (Wildman–Crippen MR) is 96.3 cm³/mol. The monoisotopic (exact) mass is 354 g/mol. The van der Waals surface area contributed by atoms with E-state index >= 15 is 0 Å². The van der Waals surface area contributed by atoms with Crippen LogP contribution in [0.4, 0.5) is 0 Å². The van der Waals surface area contributed by atoms with Gasteiger partial charge in [-0.05, 0) is 36.8 Å². The van der Waals surface area contributed by atoms with E-state index < -0.39 is 0 Å². The minimum absolute atomic E-state index is 0.329. The number of benzene rings is 1. The maximum absolute atomic E-state index is 11.5. The summed E-state index contributed by atoms with van der Waals surface area (Å²) in [6.07, 6.45) is 1.75. The van der Waals surface area contributed by atoms with Crippen LogP contribution in [0.15, 0.2) is 53.8 Å². The Bertz CT molecular complexity index is 847. The molecule has 3 aromatic rings. The quantitative estimate of drug-likeness (QED) is 0.499. The Morgan fingerprint density at radius 1 is 1.16 bits per heavy atom. The van der Waals surface area contributed by atoms with E-state index in [-0.39, 0.29) is 5.97 Å². The molecule has 0 N–H and O–H groups in total. The number of nitrogens with zero attached hydrogens (tertiary/aromatic N) is 4. The molecule has 0 aliphatic carbocycles. The van der Waals surface area contributed by atoms with Crippen molar-refractivity contribution < 1.29 is 9.53 Å². The maximum Gasteiger partial charge on any atom is 0.337 e. The normalized spacial score (nSPS) is 10.6. The number of hydrogen-bond donors (Lipinski definition) is 0. The van der Waals surface area contributed by atoms with Crippen LogP contribution in [0, 0.1) is 0 Å². The Kier molecular flexibility index (Phi) is 5.45. The van der Waals surface area contributed by atoms with Crippen molar-refractivity contribution in [2.75, 3.05) is 7.11 Å². The van der Waals surface area contributed by atoms with Crippen LogP contribution in [0.25, 0.3) is 11.5 Å². The standard InChI is InChI=1S/C18H18N4O2S/c1-3-22-16(15-6-4-5-11-19-15)20-21-18(22)25-12-13-7-9-14(10-8-13)17(23)24-2/h4-11H,3,12H2,1-2H3. The first-order valence-electron chi connectivity index (χ1n) is 7.87. The lowest BCUT2D eigenvalue weighted by Gasteiger charge is -2.07. The van der Waals surface area contributed by atoms with Crippen LogP contribution in [-0.4, -0.2) is 32.8 Å². The Morgan fingerprint density at radius 3 is 2.60 bits per heavy atom. The summed E-state index contributed by atoms with van der Waals surface area (Å²) in [5.41, 5.74) is 2.46. The highest BCUT2D eigenvalue weighted by Crippen LogP contribution is 2.25. The Balaban J connectivity index is 1.73. The van der Waals surface area contributed by atoms with E-state index in [2.05, 4.69) is 26.7 Å². The summed E-state index contributed by atoms with van der Waals surface area (Å²) in [6.45, 7) is 2.83. The van der Waals surface area contributed by atoms with Crippen molar-refractivity contribution in [3.05, 3.63) is 59.8 Å². The van der Waals surface area contributed by atoms with Gasteiger partial charge in [0.15, 0.2) is 11.0 Å². The minimum atomic E-state index is -0.329. The van der Waals surface area contributed by atoms with Gasteiger partial charge in [0.05, 0.1) is 12.7 Å². The summed E-state index contributed by atoms with van der Waals surface area (Å²) in [6, 6.07) is 13.1. The molecule has 6 nitrogen and oxygen atoms in total. The molecule has 0 bridgehead atoms. The van der Waals surface area contributed by atoms with E-state index in [4.69, 9.17) is 4.74 Å². The molecular weight excluding hydrogens is 336 g/mol. The molecular formula is C18H18N4O2S. The fraction of sp³-hybridized carbons (Fsp3) is 0.222. The number of thioether (sulfide) groups is 1. The second kappa shape index (κ2) is 7.94. The molecule has 3 rings (SSSR count). The number of carbonyl (C=O) groups excluding carboxylic acids is 1. The smallest absolute Gasteiger partial charge is 0.337 e. The predicted octanol–water partition coefficient (Wildman–Crippen LogP) is 3.44. The van der Waals surface area contributed by atoms with Crippen LogP contribution in [0.5, 0.6) is 0 Å². The molecule has 0 unspecified atom stereocenters. The van der Waals surface area contributed by atoms with Gasteiger partial charge < -0.3 is 9.30 Å². The molecule has 0 aliphatic heterocycles. The molecule has 1 aromatic carbocycles. The van der Waals surface area contributed by atoms with Gasteiger partial charge in [-0.3, -0.25) is 4.98 Å². The zero-order valence-corrected chi connectivity index (χ0v) is 14.9. The summed E-state index contributed by atoms with van der Waals surface area (Å²) in [5, 5.41) is 9.43. The number of carbonyl (C=O) groups is 1. The minimum Gasteiger partial charge on any atom is -0.465 e. The number of pyridine rings is 1. The van der Waals surface area contributed by atoms with Crippen LogP contribution in [0.3, 0.4) is 0 Å². The summed E-state index contributed by atoms with van der Waals surface area (Å²) in [4.78, 5) is 15.8. The van der Waals surface area contributed by atoms with Gasteiger partial charge in [0.25, 0.3) is 0 Å². The van der Waals surface area contributed by atoms with Gasteiger partial charge in [-0.15, -0.1) is 10.2 Å². The molecule has 0 radical (unpaired) electrons.